The van der Waals surface area contributed by atoms with Crippen LogP contribution in [0.4, 0.5) is 0 Å². The summed E-state index contributed by atoms with van der Waals surface area (Å²) in [6.45, 7) is 0. The SMILES string of the molecule is OC(Cc1ccccc1Br)C1CCCc2sccc21. The Morgan fingerprint density at radius 3 is 3.00 bits per heavy atom. The molecule has 3 rings (SSSR count). The number of benzene rings is 1. The predicted molar refractivity (Wildman–Crippen MR) is 83.9 cm³/mol. The highest BCUT2D eigenvalue weighted by Gasteiger charge is 2.27. The molecule has 0 saturated carbocycles. The lowest BCUT2D eigenvalue weighted by Crippen LogP contribution is -2.24. The number of halogens is 1. The van der Waals surface area contributed by atoms with Gasteiger partial charge in [0.2, 0.25) is 0 Å². The van der Waals surface area contributed by atoms with Crippen molar-refractivity contribution in [3.63, 3.8) is 0 Å². The molecule has 0 saturated heterocycles. The van der Waals surface area contributed by atoms with Crippen LogP contribution in [-0.2, 0) is 12.8 Å². The van der Waals surface area contributed by atoms with Crippen LogP contribution in [-0.4, -0.2) is 11.2 Å². The van der Waals surface area contributed by atoms with E-state index in [1.165, 1.54) is 28.8 Å². The van der Waals surface area contributed by atoms with Gasteiger partial charge in [-0.05, 0) is 47.9 Å². The number of thiophene rings is 1. The molecule has 2 unspecified atom stereocenters. The molecule has 1 N–H and O–H groups in total. The quantitative estimate of drug-likeness (QED) is 0.872. The van der Waals surface area contributed by atoms with E-state index in [4.69, 9.17) is 0 Å². The lowest BCUT2D eigenvalue weighted by Gasteiger charge is -2.27. The van der Waals surface area contributed by atoms with Gasteiger partial charge < -0.3 is 5.11 Å². The maximum absolute atomic E-state index is 10.6. The maximum atomic E-state index is 10.6. The zero-order valence-electron chi connectivity index (χ0n) is 10.7. The van der Waals surface area contributed by atoms with Crippen LogP contribution in [0.1, 0.15) is 34.8 Å². The summed E-state index contributed by atoms with van der Waals surface area (Å²) in [6.07, 6.45) is 3.93. The van der Waals surface area contributed by atoms with E-state index in [-0.39, 0.29) is 6.10 Å². The van der Waals surface area contributed by atoms with Crippen LogP contribution in [0.2, 0.25) is 0 Å². The zero-order valence-corrected chi connectivity index (χ0v) is 13.1. The average Bonchev–Trinajstić information content (AvgIpc) is 2.89. The second-order valence-corrected chi connectivity index (χ2v) is 7.02. The third-order valence-electron chi connectivity index (χ3n) is 3.95. The summed E-state index contributed by atoms with van der Waals surface area (Å²) in [5.41, 5.74) is 2.58. The van der Waals surface area contributed by atoms with Gasteiger partial charge in [-0.15, -0.1) is 11.3 Å². The Morgan fingerprint density at radius 2 is 2.16 bits per heavy atom. The second kappa shape index (κ2) is 5.78. The molecule has 1 aromatic carbocycles. The van der Waals surface area contributed by atoms with E-state index in [9.17, 15) is 5.11 Å². The number of rotatable bonds is 3. The van der Waals surface area contributed by atoms with Crippen molar-refractivity contribution < 1.29 is 5.11 Å². The summed E-state index contributed by atoms with van der Waals surface area (Å²) >= 11 is 5.40. The predicted octanol–water partition coefficient (Wildman–Crippen LogP) is 4.53. The van der Waals surface area contributed by atoms with Gasteiger partial charge in [0.05, 0.1) is 6.10 Å². The van der Waals surface area contributed by atoms with Crippen molar-refractivity contribution in [2.75, 3.05) is 0 Å². The van der Waals surface area contributed by atoms with E-state index in [0.29, 0.717) is 5.92 Å². The highest BCUT2D eigenvalue weighted by molar-refractivity contribution is 9.10. The van der Waals surface area contributed by atoms with E-state index in [2.05, 4.69) is 33.4 Å². The highest BCUT2D eigenvalue weighted by atomic mass is 79.9. The summed E-state index contributed by atoms with van der Waals surface area (Å²) < 4.78 is 1.09. The summed E-state index contributed by atoms with van der Waals surface area (Å²) in [4.78, 5) is 1.47. The lowest BCUT2D eigenvalue weighted by atomic mass is 9.82. The first-order valence-electron chi connectivity index (χ1n) is 6.73. The fourth-order valence-corrected chi connectivity index (χ4v) is 4.40. The molecule has 0 bridgehead atoms. The average molecular weight is 337 g/mol. The Kier molecular flexibility index (Phi) is 4.06. The molecule has 3 heteroatoms. The zero-order chi connectivity index (χ0) is 13.2. The third-order valence-corrected chi connectivity index (χ3v) is 5.72. The Labute approximate surface area is 126 Å². The molecule has 0 aliphatic heterocycles. The van der Waals surface area contributed by atoms with Crippen LogP contribution < -0.4 is 0 Å². The lowest BCUT2D eigenvalue weighted by molar-refractivity contribution is 0.135. The van der Waals surface area contributed by atoms with Gasteiger partial charge in [0, 0.05) is 21.7 Å². The van der Waals surface area contributed by atoms with Crippen LogP contribution in [0.15, 0.2) is 40.2 Å². The van der Waals surface area contributed by atoms with Crippen molar-refractivity contribution in [3.8, 4) is 0 Å². The largest absolute Gasteiger partial charge is 0.392 e. The van der Waals surface area contributed by atoms with E-state index in [0.717, 1.165) is 17.3 Å². The van der Waals surface area contributed by atoms with Crippen LogP contribution in [0, 0.1) is 0 Å². The Hall–Kier alpha value is -0.640. The molecular formula is C16H17BrOS. The van der Waals surface area contributed by atoms with Crippen LogP contribution in [0.5, 0.6) is 0 Å². The minimum atomic E-state index is -0.285. The minimum Gasteiger partial charge on any atom is -0.392 e. The molecule has 1 aromatic heterocycles. The van der Waals surface area contributed by atoms with E-state index >= 15 is 0 Å². The number of fused-ring (bicyclic) bond motifs is 1. The Morgan fingerprint density at radius 1 is 1.32 bits per heavy atom. The number of aliphatic hydroxyl groups excluding tert-OH is 1. The molecule has 1 heterocycles. The smallest absolute Gasteiger partial charge is 0.0649 e. The van der Waals surface area contributed by atoms with Gasteiger partial charge in [0.1, 0.15) is 0 Å². The molecule has 0 fully saturated rings. The van der Waals surface area contributed by atoms with Crippen LogP contribution in [0.25, 0.3) is 0 Å². The topological polar surface area (TPSA) is 20.2 Å². The van der Waals surface area contributed by atoms with Crippen molar-refractivity contribution in [3.05, 3.63) is 56.2 Å². The molecule has 2 atom stereocenters. The van der Waals surface area contributed by atoms with Gasteiger partial charge in [-0.25, -0.2) is 0 Å². The van der Waals surface area contributed by atoms with Crippen molar-refractivity contribution in [2.45, 2.75) is 37.7 Å². The van der Waals surface area contributed by atoms with E-state index in [1.54, 1.807) is 0 Å². The number of hydrogen-bond donors (Lipinski definition) is 1. The minimum absolute atomic E-state index is 0.285. The summed E-state index contributed by atoms with van der Waals surface area (Å²) in [7, 11) is 0. The number of aliphatic hydroxyl groups is 1. The molecule has 2 aromatic rings. The first-order chi connectivity index (χ1) is 9.25. The Balaban J connectivity index is 1.79. The summed E-state index contributed by atoms with van der Waals surface area (Å²) in [6, 6.07) is 10.4. The van der Waals surface area contributed by atoms with Crippen LogP contribution in [0.3, 0.4) is 0 Å². The molecule has 1 nitrogen and oxygen atoms in total. The van der Waals surface area contributed by atoms with Gasteiger partial charge in [0.25, 0.3) is 0 Å². The molecule has 0 spiro atoms. The number of hydrogen-bond acceptors (Lipinski definition) is 2. The highest BCUT2D eigenvalue weighted by Crippen LogP contribution is 2.38. The standard InChI is InChI=1S/C16H17BrOS/c17-14-6-2-1-4-11(14)10-15(18)12-5-3-7-16-13(12)8-9-19-16/h1-2,4,6,8-9,12,15,18H,3,5,7,10H2. The molecule has 100 valence electrons. The van der Waals surface area contributed by atoms with Gasteiger partial charge in [-0.2, -0.15) is 0 Å². The molecule has 0 amide bonds. The second-order valence-electron chi connectivity index (χ2n) is 5.16. The van der Waals surface area contributed by atoms with Crippen LogP contribution >= 0.6 is 27.3 Å². The van der Waals surface area contributed by atoms with Gasteiger partial charge in [-0.3, -0.25) is 0 Å². The van der Waals surface area contributed by atoms with E-state index < -0.39 is 0 Å². The van der Waals surface area contributed by atoms with Crippen molar-refractivity contribution in [2.24, 2.45) is 0 Å². The fourth-order valence-electron chi connectivity index (χ4n) is 2.95. The number of aryl methyl sites for hydroxylation is 1. The van der Waals surface area contributed by atoms with Crippen molar-refractivity contribution in [1.82, 2.24) is 0 Å². The summed E-state index contributed by atoms with van der Waals surface area (Å²) in [5.74, 6) is 0.308. The first-order valence-corrected chi connectivity index (χ1v) is 8.40. The molecule has 19 heavy (non-hydrogen) atoms. The van der Waals surface area contributed by atoms with Crippen molar-refractivity contribution in [1.29, 1.82) is 0 Å². The van der Waals surface area contributed by atoms with Gasteiger partial charge in [0.15, 0.2) is 0 Å². The monoisotopic (exact) mass is 336 g/mol. The van der Waals surface area contributed by atoms with Gasteiger partial charge in [-0.1, -0.05) is 34.1 Å². The maximum Gasteiger partial charge on any atom is 0.0649 e. The van der Waals surface area contributed by atoms with E-state index in [1.807, 2.05) is 29.5 Å². The van der Waals surface area contributed by atoms with Crippen molar-refractivity contribution >= 4 is 27.3 Å². The molecule has 1 aliphatic rings. The molecule has 0 radical (unpaired) electrons. The fraction of sp³-hybridized carbons (Fsp3) is 0.375. The normalized spacial score (nSPS) is 20.0. The molecular weight excluding hydrogens is 320 g/mol. The molecule has 1 aliphatic carbocycles. The summed E-state index contributed by atoms with van der Waals surface area (Å²) in [5, 5.41) is 12.8. The first kappa shape index (κ1) is 13.3. The van der Waals surface area contributed by atoms with Gasteiger partial charge >= 0.3 is 0 Å². The Bertz CT molecular complexity index is 563. The third kappa shape index (κ3) is 2.78.